The van der Waals surface area contributed by atoms with Gasteiger partial charge < -0.3 is 50.8 Å². The van der Waals surface area contributed by atoms with E-state index >= 15 is 0 Å². The third kappa shape index (κ3) is 11.3. The molecule has 6 rings (SSSR count). The monoisotopic (exact) mass is 823 g/mol. The van der Waals surface area contributed by atoms with Gasteiger partial charge in [0.15, 0.2) is 0 Å². The van der Waals surface area contributed by atoms with Gasteiger partial charge in [-0.05, 0) is 91.1 Å². The van der Waals surface area contributed by atoms with Crippen molar-refractivity contribution in [2.45, 2.75) is 131 Å². The molecule has 0 unspecified atom stereocenters. The van der Waals surface area contributed by atoms with E-state index in [0.717, 1.165) is 154 Å². The molecule has 0 bridgehead atoms. The van der Waals surface area contributed by atoms with Crippen LogP contribution in [0.2, 0.25) is 0 Å². The van der Waals surface area contributed by atoms with Crippen LogP contribution in [0.4, 0.5) is 0 Å². The van der Waals surface area contributed by atoms with Gasteiger partial charge in [-0.2, -0.15) is 0 Å². The van der Waals surface area contributed by atoms with Gasteiger partial charge in [0, 0.05) is 102 Å². The fraction of sp³-hybridized carbons (Fsp3) is 0.775. The molecule has 0 aromatic carbocycles. The van der Waals surface area contributed by atoms with Gasteiger partial charge >= 0.3 is 0 Å². The molecule has 2 aromatic rings. The summed E-state index contributed by atoms with van der Waals surface area (Å²) in [6, 6.07) is 0. The minimum atomic E-state index is 0. The Hall–Kier alpha value is -1.46. The summed E-state index contributed by atoms with van der Waals surface area (Å²) in [6.45, 7) is 16.5. The summed E-state index contributed by atoms with van der Waals surface area (Å²) in [5, 5.41) is 26.4. The smallest absolute Gasteiger partial charge is 0.109 e. The Morgan fingerprint density at radius 1 is 0.692 bits per heavy atom. The Kier molecular flexibility index (Phi) is 21.1. The average molecular weight is 824 g/mol. The summed E-state index contributed by atoms with van der Waals surface area (Å²) in [7, 11) is 1.00. The van der Waals surface area contributed by atoms with Crippen molar-refractivity contribution in [1.29, 1.82) is 0 Å². The number of imidazole rings is 2. The molecule has 0 saturated heterocycles. The van der Waals surface area contributed by atoms with Crippen molar-refractivity contribution in [1.82, 2.24) is 19.1 Å². The van der Waals surface area contributed by atoms with Gasteiger partial charge in [0.25, 0.3) is 0 Å². The molecular weight excluding hydrogens is 755 g/mol. The normalized spacial score (nSPS) is 18.5. The zero-order chi connectivity index (χ0) is 36.0. The van der Waals surface area contributed by atoms with Crippen molar-refractivity contribution in [3.05, 3.63) is 47.9 Å². The van der Waals surface area contributed by atoms with Gasteiger partial charge in [0.2, 0.25) is 0 Å². The summed E-state index contributed by atoms with van der Waals surface area (Å²) in [6.07, 6.45) is 14.3. The van der Waals surface area contributed by atoms with E-state index < -0.39 is 0 Å². The van der Waals surface area contributed by atoms with Crippen LogP contribution in [0.25, 0.3) is 5.57 Å². The molecule has 4 heterocycles. The minimum absolute atomic E-state index is 0. The number of aromatic nitrogens is 4. The second kappa shape index (κ2) is 23.5. The molecule has 4 aliphatic rings. The Labute approximate surface area is 327 Å². The number of fused-ring (bicyclic) bond motifs is 2. The number of allylic oxidation sites excluding steroid dienone is 2. The fourth-order valence-electron chi connectivity index (χ4n) is 8.40. The number of aliphatic hydroxyl groups is 3. The van der Waals surface area contributed by atoms with Gasteiger partial charge in [-0.15, -0.1) is 0 Å². The van der Waals surface area contributed by atoms with Crippen LogP contribution in [-0.4, -0.2) is 94.4 Å². The molecule has 0 amide bonds. The molecule has 302 valence electrons. The molecule has 2 aliphatic carbocycles. The van der Waals surface area contributed by atoms with E-state index in [-0.39, 0.29) is 51.9 Å². The second-order valence-electron chi connectivity index (χ2n) is 14.3. The van der Waals surface area contributed by atoms with Crippen molar-refractivity contribution >= 4 is 5.57 Å². The number of rotatable bonds is 16. The standard InChI is InChI=1S/C19H32N2O3.C19H30N2O3.CH4O.CH3.Pd/c2*1-3-23-13-19(14-24-4-2)9-7-15(8-10-19)18-16(12-22)20-17-6-5-11-21(17)18;1-2;;/h15,22H,3-14H2,1-2H3;7,22H,3-6,8-14H2,1-2H3;2H,1H3;1H3;/q;;;-1;. The molecule has 0 spiro atoms. The van der Waals surface area contributed by atoms with Crippen LogP contribution < -0.4 is 0 Å². The second-order valence-corrected chi connectivity index (χ2v) is 14.3. The number of nitrogens with zero attached hydrogens (tertiary/aromatic N) is 4. The molecule has 11 nitrogen and oxygen atoms in total. The summed E-state index contributed by atoms with van der Waals surface area (Å²) in [5.74, 6) is 2.83. The number of aryl methyl sites for hydroxylation is 2. The van der Waals surface area contributed by atoms with Crippen LogP contribution >= 0.6 is 0 Å². The molecule has 2 aliphatic heterocycles. The Morgan fingerprint density at radius 2 is 1.17 bits per heavy atom. The molecule has 12 heteroatoms. The molecule has 0 atom stereocenters. The zero-order valence-electron chi connectivity index (χ0n) is 33.0. The molecule has 1 saturated carbocycles. The van der Waals surface area contributed by atoms with Gasteiger partial charge in [0.05, 0.1) is 56.7 Å². The van der Waals surface area contributed by atoms with E-state index in [0.29, 0.717) is 5.92 Å². The topological polar surface area (TPSA) is 133 Å². The molecule has 2 aromatic heterocycles. The fourth-order valence-corrected chi connectivity index (χ4v) is 8.40. The van der Waals surface area contributed by atoms with E-state index in [9.17, 15) is 10.2 Å². The van der Waals surface area contributed by atoms with Crippen LogP contribution in [0.1, 0.15) is 126 Å². The predicted octanol–water partition coefficient (Wildman–Crippen LogP) is 6.04. The molecule has 0 radical (unpaired) electrons. The first-order valence-electron chi connectivity index (χ1n) is 19.3. The Bertz CT molecular complexity index is 1320. The van der Waals surface area contributed by atoms with Crippen LogP contribution in [0, 0.1) is 18.3 Å². The summed E-state index contributed by atoms with van der Waals surface area (Å²) in [4.78, 5) is 9.33. The van der Waals surface area contributed by atoms with Crippen molar-refractivity contribution < 1.29 is 54.7 Å². The number of hydrogen-bond donors (Lipinski definition) is 3. The maximum atomic E-state index is 9.73. The van der Waals surface area contributed by atoms with E-state index in [1.54, 1.807) is 0 Å². The first kappa shape index (κ1) is 46.7. The van der Waals surface area contributed by atoms with E-state index in [4.69, 9.17) is 24.1 Å². The van der Waals surface area contributed by atoms with Crippen molar-refractivity contribution in [2.75, 3.05) is 60.0 Å². The summed E-state index contributed by atoms with van der Waals surface area (Å²) < 4.78 is 27.8. The van der Waals surface area contributed by atoms with E-state index in [1.165, 1.54) is 29.2 Å². The summed E-state index contributed by atoms with van der Waals surface area (Å²) in [5.41, 5.74) is 5.83. The number of aliphatic hydroxyl groups excluding tert-OH is 3. The Balaban J connectivity index is 0.000000332. The van der Waals surface area contributed by atoms with Crippen LogP contribution in [0.5, 0.6) is 0 Å². The average Bonchev–Trinajstić information content (AvgIpc) is 3.95. The van der Waals surface area contributed by atoms with Crippen molar-refractivity contribution in [2.24, 2.45) is 10.8 Å². The first-order chi connectivity index (χ1) is 24.5. The largest absolute Gasteiger partial charge is 0.400 e. The molecule has 52 heavy (non-hydrogen) atoms. The molecule has 1 fully saturated rings. The van der Waals surface area contributed by atoms with Crippen LogP contribution in [-0.2, 0) is 78.5 Å². The maximum absolute atomic E-state index is 9.73. The zero-order valence-corrected chi connectivity index (χ0v) is 34.6. The van der Waals surface area contributed by atoms with Gasteiger partial charge in [-0.3, -0.25) is 0 Å². The first-order valence-corrected chi connectivity index (χ1v) is 19.3. The van der Waals surface area contributed by atoms with Gasteiger partial charge in [-0.25, -0.2) is 9.97 Å². The van der Waals surface area contributed by atoms with Crippen LogP contribution in [0.15, 0.2) is 6.08 Å². The third-order valence-corrected chi connectivity index (χ3v) is 11.0. The Morgan fingerprint density at radius 3 is 1.65 bits per heavy atom. The number of ether oxygens (including phenoxy) is 4. The summed E-state index contributed by atoms with van der Waals surface area (Å²) >= 11 is 0. The van der Waals surface area contributed by atoms with Gasteiger partial charge in [-0.1, -0.05) is 6.08 Å². The third-order valence-electron chi connectivity index (χ3n) is 11.0. The van der Waals surface area contributed by atoms with Gasteiger partial charge in [0.1, 0.15) is 11.6 Å². The van der Waals surface area contributed by atoms with Crippen molar-refractivity contribution in [3.63, 3.8) is 0 Å². The number of hydrogen-bond acceptors (Lipinski definition) is 9. The maximum Gasteiger partial charge on any atom is 0.109 e. The minimum Gasteiger partial charge on any atom is -0.400 e. The predicted molar refractivity (Wildman–Crippen MR) is 201 cm³/mol. The molecule has 3 N–H and O–H groups in total. The van der Waals surface area contributed by atoms with E-state index in [2.05, 4.69) is 39.0 Å². The SMILES string of the molecule is CCOCC1(COCC)CC=C(c2c(CO)nc3n2CCC3)CC1.CCOCC1(COCC)CCC(c2c(CO)nc3n2CCC3)CC1.CO.[CH3-].[Pd]. The quantitative estimate of drug-likeness (QED) is 0.137. The molecular formula is C40H69N4O7Pd-. The van der Waals surface area contributed by atoms with Crippen LogP contribution in [0.3, 0.4) is 0 Å². The van der Waals surface area contributed by atoms with Crippen molar-refractivity contribution in [3.8, 4) is 0 Å². The van der Waals surface area contributed by atoms with E-state index in [1.807, 2.05) is 13.8 Å².